The van der Waals surface area contributed by atoms with E-state index in [2.05, 4.69) is 11.0 Å². The van der Waals surface area contributed by atoms with Crippen LogP contribution < -0.4 is 28.9 Å². The highest BCUT2D eigenvalue weighted by molar-refractivity contribution is 8.77. The molecule has 0 radical (unpaired) electrons. The van der Waals surface area contributed by atoms with Gasteiger partial charge in [-0.25, -0.2) is 4.79 Å². The number of benzene rings is 5. The molecule has 5 aromatic rings. The van der Waals surface area contributed by atoms with E-state index < -0.39 is 37.9 Å². The third kappa shape index (κ3) is 14.1. The smallest absolute Gasteiger partial charge is 0.353 e. The Morgan fingerprint density at radius 1 is 0.753 bits per heavy atom. The number of carbonyl (C=O) groups is 5. The van der Waals surface area contributed by atoms with Crippen LogP contribution in [0.2, 0.25) is 0 Å². The number of hydrogen-bond donors (Lipinski definition) is 1. The summed E-state index contributed by atoms with van der Waals surface area (Å²) in [5.74, 6) is -1.72. The molecule has 10 rings (SSSR count). The van der Waals surface area contributed by atoms with Crippen molar-refractivity contribution in [3.05, 3.63) is 136 Å². The number of aliphatic imine (C=N–C) groups is 1. The maximum atomic E-state index is 14.3. The molecular formula is C62H69N5O15S3. The lowest BCUT2D eigenvalue weighted by atomic mass is 9.98. The van der Waals surface area contributed by atoms with Gasteiger partial charge in [-0.3, -0.25) is 33.6 Å². The molecule has 0 aliphatic carbocycles. The van der Waals surface area contributed by atoms with Crippen molar-refractivity contribution in [2.45, 2.75) is 101 Å². The number of carbonyl (C=O) groups excluding carboxylic acids is 5. The summed E-state index contributed by atoms with van der Waals surface area (Å²) in [6.07, 6.45) is 4.06. The van der Waals surface area contributed by atoms with E-state index in [4.69, 9.17) is 38.3 Å². The number of para-hydroxylation sites is 2. The Kier molecular flexibility index (Phi) is 19.2. The summed E-state index contributed by atoms with van der Waals surface area (Å²) in [5.41, 5.74) is 9.71. The van der Waals surface area contributed by atoms with Gasteiger partial charge in [0.1, 0.15) is 19.0 Å². The molecule has 0 aromatic heterocycles. The second-order valence-corrected chi connectivity index (χ2v) is 26.7. The van der Waals surface area contributed by atoms with E-state index in [9.17, 15) is 36.9 Å². The molecule has 5 aliphatic rings. The van der Waals surface area contributed by atoms with Crippen molar-refractivity contribution in [1.82, 2.24) is 5.06 Å². The van der Waals surface area contributed by atoms with Crippen LogP contribution in [0.1, 0.15) is 93.6 Å². The van der Waals surface area contributed by atoms with Crippen LogP contribution in [-0.2, 0) is 76.0 Å². The third-order valence-corrected chi connectivity index (χ3v) is 19.9. The van der Waals surface area contributed by atoms with Gasteiger partial charge in [-0.05, 0) is 128 Å². The van der Waals surface area contributed by atoms with Crippen LogP contribution in [-0.4, -0.2) is 142 Å². The van der Waals surface area contributed by atoms with Gasteiger partial charge in [0.15, 0.2) is 16.7 Å². The summed E-state index contributed by atoms with van der Waals surface area (Å²) in [6, 6.07) is 29.2. The van der Waals surface area contributed by atoms with Gasteiger partial charge in [-0.2, -0.15) is 8.42 Å². The lowest BCUT2D eigenvalue weighted by Crippen LogP contribution is -2.40. The van der Waals surface area contributed by atoms with Crippen molar-refractivity contribution >= 4 is 90.3 Å². The van der Waals surface area contributed by atoms with Crippen molar-refractivity contribution in [1.29, 1.82) is 0 Å². The van der Waals surface area contributed by atoms with E-state index >= 15 is 0 Å². The fourth-order valence-corrected chi connectivity index (χ4v) is 14.7. The topological polar surface area (TPSA) is 230 Å². The summed E-state index contributed by atoms with van der Waals surface area (Å²) in [5, 5.41) is -1.78. The van der Waals surface area contributed by atoms with Gasteiger partial charge in [0.2, 0.25) is 0 Å². The Morgan fingerprint density at radius 3 is 2.09 bits per heavy atom. The second kappa shape index (κ2) is 26.7. The van der Waals surface area contributed by atoms with Crippen LogP contribution in [0.4, 0.5) is 22.7 Å². The van der Waals surface area contributed by atoms with Gasteiger partial charge in [-0.15, -0.1) is 5.06 Å². The first-order valence-corrected chi connectivity index (χ1v) is 32.1. The third-order valence-electron chi connectivity index (χ3n) is 15.4. The Morgan fingerprint density at radius 2 is 1.40 bits per heavy atom. The highest BCUT2D eigenvalue weighted by Crippen LogP contribution is 2.43. The van der Waals surface area contributed by atoms with Crippen LogP contribution in [0.25, 0.3) is 0 Å². The molecular weight excluding hydrogens is 1150 g/mol. The molecule has 5 aromatic carbocycles. The Labute approximate surface area is 502 Å². The van der Waals surface area contributed by atoms with E-state index in [0.717, 1.165) is 57.7 Å². The number of anilines is 3. The Balaban J connectivity index is 0.915. The fraction of sp³-hybridized carbons (Fsp3) is 0.419. The lowest BCUT2D eigenvalue weighted by molar-refractivity contribution is -0.197. The number of methoxy groups -OCH3 is 2. The van der Waals surface area contributed by atoms with E-state index in [0.29, 0.717) is 93.0 Å². The summed E-state index contributed by atoms with van der Waals surface area (Å²) in [6.45, 7) is 8.90. The molecule has 4 amide bonds. The molecule has 1 unspecified atom stereocenters. The number of fused-ring (bicyclic) bond motifs is 8. The molecule has 1 saturated heterocycles. The Hall–Kier alpha value is -6.99. The second-order valence-electron chi connectivity index (χ2n) is 22.0. The molecule has 0 saturated carbocycles. The molecule has 5 aliphatic heterocycles. The van der Waals surface area contributed by atoms with Crippen LogP contribution in [0, 0.1) is 6.92 Å². The predicted molar refractivity (Wildman–Crippen MR) is 324 cm³/mol. The maximum Gasteiger partial charge on any atom is 0.353 e. The first kappa shape index (κ1) is 61.1. The molecule has 1 fully saturated rings. The van der Waals surface area contributed by atoms with Crippen LogP contribution in [0.5, 0.6) is 17.2 Å². The zero-order valence-corrected chi connectivity index (χ0v) is 50.6. The van der Waals surface area contributed by atoms with E-state index in [1.165, 1.54) is 34.3 Å². The van der Waals surface area contributed by atoms with E-state index in [1.54, 1.807) is 24.1 Å². The quantitative estimate of drug-likeness (QED) is 0.0224. The average Bonchev–Trinajstić information content (AvgIpc) is 1.88. The van der Waals surface area contributed by atoms with Gasteiger partial charge < -0.3 is 43.1 Å². The van der Waals surface area contributed by atoms with Crippen molar-refractivity contribution in [3.8, 4) is 17.2 Å². The number of imide groups is 1. The highest BCUT2D eigenvalue weighted by Gasteiger charge is 2.41. The molecule has 3 atom stereocenters. The minimum absolute atomic E-state index is 0.00959. The van der Waals surface area contributed by atoms with Crippen molar-refractivity contribution < 1.29 is 70.2 Å². The molecule has 0 bridgehead atoms. The van der Waals surface area contributed by atoms with Crippen LogP contribution >= 0.6 is 21.6 Å². The minimum atomic E-state index is -4.98. The van der Waals surface area contributed by atoms with Crippen molar-refractivity contribution in [3.63, 3.8) is 0 Å². The lowest BCUT2D eigenvalue weighted by Gasteiger charge is -2.34. The molecule has 450 valence electrons. The van der Waals surface area contributed by atoms with Crippen LogP contribution in [0.3, 0.4) is 0 Å². The van der Waals surface area contributed by atoms with Gasteiger partial charge >= 0.3 is 5.97 Å². The van der Waals surface area contributed by atoms with Gasteiger partial charge in [0, 0.05) is 90.9 Å². The van der Waals surface area contributed by atoms with Crippen molar-refractivity contribution in [2.24, 2.45) is 4.99 Å². The van der Waals surface area contributed by atoms with Crippen molar-refractivity contribution in [2.75, 3.05) is 80.8 Å². The average molecular weight is 1220 g/mol. The molecule has 20 nitrogen and oxygen atoms in total. The number of aryl methyl sites for hydroxylation is 2. The normalized spacial score (nSPS) is 17.4. The zero-order valence-electron chi connectivity index (χ0n) is 48.1. The molecule has 85 heavy (non-hydrogen) atoms. The summed E-state index contributed by atoms with van der Waals surface area (Å²) >= 11 is 0. The van der Waals surface area contributed by atoms with Crippen LogP contribution in [0.15, 0.2) is 96.0 Å². The first-order valence-electron chi connectivity index (χ1n) is 28.2. The summed E-state index contributed by atoms with van der Waals surface area (Å²) in [7, 11) is 0.876. The number of nitrogens with zero attached hydrogens (tertiary/aromatic N) is 5. The van der Waals surface area contributed by atoms with Gasteiger partial charge in [0.05, 0.1) is 57.4 Å². The first-order chi connectivity index (χ1) is 40.9. The SMILES string of the molecule is COCCOCCOCCN(CC(C)(C)SSCCC(C(=O)ON1C(=O)CCC1=O)S(=O)(=O)O)c1cc(COc2cc3c(cc2C)C(=O)N2c4ccccc4C[C@H]2CC3)cc(COc2cc3c(cc2OC)C(=O)N2c4ccccc4C[C@H]2C=N3)c1. The molecule has 5 heterocycles. The van der Waals surface area contributed by atoms with E-state index in [1.807, 2.05) is 105 Å². The molecule has 0 spiro atoms. The Bertz CT molecular complexity index is 3490. The van der Waals surface area contributed by atoms with E-state index in [-0.39, 0.29) is 67.2 Å². The molecule has 1 N–H and O–H groups in total. The number of hydroxylamine groups is 2. The predicted octanol–water partition coefficient (Wildman–Crippen LogP) is 8.87. The number of rotatable bonds is 27. The summed E-state index contributed by atoms with van der Waals surface area (Å²) < 4.78 is 70.5. The maximum absolute atomic E-state index is 14.3. The number of ether oxygens (including phenoxy) is 6. The largest absolute Gasteiger partial charge is 0.493 e. The highest BCUT2D eigenvalue weighted by atomic mass is 33.1. The number of hydrogen-bond acceptors (Lipinski definition) is 18. The van der Waals surface area contributed by atoms with Gasteiger partial charge in [0.25, 0.3) is 33.7 Å². The van der Waals surface area contributed by atoms with Gasteiger partial charge in [-0.1, -0.05) is 58.0 Å². The fourth-order valence-electron chi connectivity index (χ4n) is 11.3. The standard InChI is InChI=1S/C62H69N5O15S3/c1-39-26-48-42(14-15-45-30-43-10-6-8-12-51(43)65(45)59(48)70)32-53(39)80-36-40-27-41(37-81-55-34-50-49(33-54(55)77-5)60(71)66-47(35-63-50)31-44-11-7-9-13-52(44)66)29-46(28-40)64(19-20-78-23-24-79-22-21-76-4)38-62(2,3)84-83-25-18-56(85(73,74)75)61(72)82-67-57(68)16-17-58(67)69/h6-13,26-29,32-35,45,47,56H,14-25,30-31,36-38H2,1-5H3,(H,73,74,75)/t45-,47+,56?/m1/s1. The molecule has 23 heteroatoms. The monoisotopic (exact) mass is 1220 g/mol. The number of amides is 4. The summed E-state index contributed by atoms with van der Waals surface area (Å²) in [4.78, 5) is 81.4. The minimum Gasteiger partial charge on any atom is -0.493 e. The zero-order chi connectivity index (χ0) is 60.0.